The van der Waals surface area contributed by atoms with Gasteiger partial charge in [0, 0.05) is 18.7 Å². The predicted molar refractivity (Wildman–Crippen MR) is 116 cm³/mol. The molecule has 1 saturated heterocycles. The first kappa shape index (κ1) is 19.1. The van der Waals surface area contributed by atoms with E-state index in [1.807, 2.05) is 39.9 Å². The van der Waals surface area contributed by atoms with Gasteiger partial charge in [0.05, 0.1) is 19.3 Å². The van der Waals surface area contributed by atoms with Gasteiger partial charge in [0.2, 0.25) is 11.1 Å². The van der Waals surface area contributed by atoms with E-state index in [2.05, 4.69) is 46.8 Å². The average molecular weight is 422 g/mol. The Morgan fingerprint density at radius 3 is 2.53 bits per heavy atom. The molecule has 30 heavy (non-hydrogen) atoms. The maximum Gasteiger partial charge on any atom is 0.238 e. The van der Waals surface area contributed by atoms with Crippen LogP contribution in [0.25, 0.3) is 11.4 Å². The second kappa shape index (κ2) is 8.12. The molecule has 0 bridgehead atoms. The van der Waals surface area contributed by atoms with Gasteiger partial charge in [-0.25, -0.2) is 4.68 Å². The zero-order valence-electron chi connectivity index (χ0n) is 16.7. The molecule has 2 unspecified atom stereocenters. The summed E-state index contributed by atoms with van der Waals surface area (Å²) in [6, 6.07) is 18.1. The number of rotatable bonds is 3. The molecule has 1 aromatic heterocycles. The van der Waals surface area contributed by atoms with Crippen LogP contribution < -0.4 is 5.43 Å². The van der Waals surface area contributed by atoms with Gasteiger partial charge in [0.25, 0.3) is 0 Å². The first-order chi connectivity index (χ1) is 14.7. The number of amides is 1. The van der Waals surface area contributed by atoms with Crippen LogP contribution in [0.5, 0.6) is 0 Å². The van der Waals surface area contributed by atoms with E-state index >= 15 is 0 Å². The van der Waals surface area contributed by atoms with Crippen LogP contribution in [0.2, 0.25) is 0 Å². The van der Waals surface area contributed by atoms with Crippen molar-refractivity contribution in [3.05, 3.63) is 65.7 Å². The van der Waals surface area contributed by atoms with Gasteiger partial charge >= 0.3 is 0 Å². The van der Waals surface area contributed by atoms with Crippen molar-refractivity contribution in [2.45, 2.75) is 23.4 Å². The summed E-state index contributed by atoms with van der Waals surface area (Å²) in [6.45, 7) is 4.48. The number of benzene rings is 2. The second-order valence-electron chi connectivity index (χ2n) is 7.50. The molecule has 1 fully saturated rings. The summed E-state index contributed by atoms with van der Waals surface area (Å²) in [7, 11) is 0. The van der Waals surface area contributed by atoms with Gasteiger partial charge in [-0.05, 0) is 12.5 Å². The number of hydrogen-bond donors (Lipinski definition) is 1. The molecule has 1 N–H and O–H groups in total. The van der Waals surface area contributed by atoms with Crippen molar-refractivity contribution in [2.75, 3.05) is 31.7 Å². The molecular formula is C22H23N5O2S. The minimum Gasteiger partial charge on any atom is -0.378 e. The molecule has 2 atom stereocenters. The van der Waals surface area contributed by atoms with E-state index < -0.39 is 0 Å². The van der Waals surface area contributed by atoms with Gasteiger partial charge in [-0.3, -0.25) is 4.79 Å². The molecule has 7 nitrogen and oxygen atoms in total. The number of fused-ring (bicyclic) bond motifs is 1. The Balaban J connectivity index is 1.53. The number of carbonyl (C=O) groups is 1. The summed E-state index contributed by atoms with van der Waals surface area (Å²) in [5.41, 5.74) is 6.77. The van der Waals surface area contributed by atoms with E-state index in [0.29, 0.717) is 31.5 Å². The van der Waals surface area contributed by atoms with Crippen molar-refractivity contribution in [3.8, 4) is 11.4 Å². The molecule has 2 aromatic carbocycles. The fraction of sp³-hybridized carbons (Fsp3) is 0.318. The lowest BCUT2D eigenvalue weighted by molar-refractivity contribution is -0.135. The zero-order chi connectivity index (χ0) is 20.5. The minimum absolute atomic E-state index is 0.108. The van der Waals surface area contributed by atoms with E-state index in [9.17, 15) is 4.79 Å². The fourth-order valence-electron chi connectivity index (χ4n) is 3.81. The Morgan fingerprint density at radius 2 is 1.80 bits per heavy atom. The molecule has 3 aromatic rings. The largest absolute Gasteiger partial charge is 0.378 e. The number of thioether (sulfide) groups is 1. The molecule has 5 rings (SSSR count). The monoisotopic (exact) mass is 421 g/mol. The molecule has 0 spiro atoms. The average Bonchev–Trinajstić information content (AvgIpc) is 3.22. The van der Waals surface area contributed by atoms with E-state index in [1.165, 1.54) is 17.3 Å². The van der Waals surface area contributed by atoms with E-state index in [4.69, 9.17) is 4.74 Å². The Bertz CT molecular complexity index is 1030. The molecule has 1 amide bonds. The second-order valence-corrected chi connectivity index (χ2v) is 8.61. The highest BCUT2D eigenvalue weighted by Crippen LogP contribution is 2.39. The Morgan fingerprint density at radius 1 is 1.07 bits per heavy atom. The van der Waals surface area contributed by atoms with Crippen LogP contribution in [-0.2, 0) is 9.53 Å². The van der Waals surface area contributed by atoms with Crippen molar-refractivity contribution < 1.29 is 9.53 Å². The molecule has 0 radical (unpaired) electrons. The summed E-state index contributed by atoms with van der Waals surface area (Å²) in [6.07, 6.45) is 0. The highest BCUT2D eigenvalue weighted by molar-refractivity contribution is 8.00. The maximum atomic E-state index is 13.4. The van der Waals surface area contributed by atoms with Crippen molar-refractivity contribution in [1.82, 2.24) is 19.8 Å². The molecule has 0 saturated carbocycles. The van der Waals surface area contributed by atoms with Crippen LogP contribution >= 0.6 is 11.8 Å². The van der Waals surface area contributed by atoms with Crippen molar-refractivity contribution in [2.24, 2.45) is 0 Å². The van der Waals surface area contributed by atoms with Crippen LogP contribution in [0.15, 0.2) is 59.8 Å². The lowest BCUT2D eigenvalue weighted by atomic mass is 10.0. The Labute approximate surface area is 179 Å². The number of aryl methyl sites for hydroxylation is 1. The molecule has 0 aliphatic carbocycles. The third-order valence-corrected chi connectivity index (χ3v) is 6.67. The smallest absolute Gasteiger partial charge is 0.238 e. The Kier molecular flexibility index (Phi) is 5.18. The molecule has 8 heteroatoms. The van der Waals surface area contributed by atoms with Crippen molar-refractivity contribution in [1.29, 1.82) is 0 Å². The predicted octanol–water partition coefficient (Wildman–Crippen LogP) is 2.87. The van der Waals surface area contributed by atoms with Gasteiger partial charge in [0.1, 0.15) is 5.25 Å². The first-order valence-corrected chi connectivity index (χ1v) is 11.0. The van der Waals surface area contributed by atoms with Crippen LogP contribution in [0.3, 0.4) is 0 Å². The lowest BCUT2D eigenvalue weighted by Gasteiger charge is -2.37. The summed E-state index contributed by atoms with van der Waals surface area (Å²) in [5.74, 6) is 0.851. The summed E-state index contributed by atoms with van der Waals surface area (Å²) >= 11 is 1.48. The normalized spacial score (nSPS) is 21.0. The first-order valence-electron chi connectivity index (χ1n) is 10.1. The van der Waals surface area contributed by atoms with Gasteiger partial charge in [-0.2, -0.15) is 0 Å². The molecule has 3 heterocycles. The van der Waals surface area contributed by atoms with Gasteiger partial charge in [-0.15, -0.1) is 10.2 Å². The maximum absolute atomic E-state index is 13.4. The Hall–Kier alpha value is -2.84. The quantitative estimate of drug-likeness (QED) is 0.701. The third-order valence-electron chi connectivity index (χ3n) is 5.47. The van der Waals surface area contributed by atoms with Gasteiger partial charge in [0.15, 0.2) is 5.82 Å². The number of morpholine rings is 1. The van der Waals surface area contributed by atoms with Crippen LogP contribution in [-0.4, -0.2) is 57.2 Å². The highest BCUT2D eigenvalue weighted by atomic mass is 32.2. The molecular weight excluding hydrogens is 398 g/mol. The molecule has 2 aliphatic heterocycles. The van der Waals surface area contributed by atoms with Crippen LogP contribution in [0, 0.1) is 6.92 Å². The standard InChI is InChI=1S/C22H23N5O2S/c1-15-7-9-16(10-8-15)18-19(21(28)26-11-13-29-14-12-26)30-22-24-23-20(27(22)25-18)17-5-3-2-4-6-17/h2-10,18-19,25H,11-14H2,1H3. The van der Waals surface area contributed by atoms with Crippen molar-refractivity contribution >= 4 is 17.7 Å². The van der Waals surface area contributed by atoms with E-state index in [-0.39, 0.29) is 17.2 Å². The molecule has 2 aliphatic rings. The van der Waals surface area contributed by atoms with Gasteiger partial charge < -0.3 is 15.1 Å². The number of carbonyl (C=O) groups excluding carboxylic acids is 1. The third kappa shape index (κ3) is 3.57. The number of nitrogens with one attached hydrogen (secondary N) is 1. The number of aromatic nitrogens is 3. The minimum atomic E-state index is -0.328. The van der Waals surface area contributed by atoms with Crippen molar-refractivity contribution in [3.63, 3.8) is 0 Å². The number of nitrogens with zero attached hydrogens (tertiary/aromatic N) is 4. The number of hydrogen-bond acceptors (Lipinski definition) is 6. The highest BCUT2D eigenvalue weighted by Gasteiger charge is 2.40. The van der Waals surface area contributed by atoms with E-state index in [1.54, 1.807) is 0 Å². The summed E-state index contributed by atoms with van der Waals surface area (Å²) < 4.78 is 7.34. The summed E-state index contributed by atoms with van der Waals surface area (Å²) in [4.78, 5) is 15.3. The zero-order valence-corrected chi connectivity index (χ0v) is 17.5. The lowest BCUT2D eigenvalue weighted by Crippen LogP contribution is -2.49. The van der Waals surface area contributed by atoms with E-state index in [0.717, 1.165) is 17.0 Å². The van der Waals surface area contributed by atoms with Crippen LogP contribution in [0.1, 0.15) is 17.2 Å². The topological polar surface area (TPSA) is 72.3 Å². The van der Waals surface area contributed by atoms with Crippen LogP contribution in [0.4, 0.5) is 0 Å². The SMILES string of the molecule is Cc1ccc(C2Nn3c(nnc3-c3ccccc3)SC2C(=O)N2CCOCC2)cc1. The molecule has 154 valence electrons. The number of ether oxygens (including phenoxy) is 1. The summed E-state index contributed by atoms with van der Waals surface area (Å²) in [5, 5.41) is 9.14. The fourth-order valence-corrected chi connectivity index (χ4v) is 4.97. The van der Waals surface area contributed by atoms with Gasteiger partial charge in [-0.1, -0.05) is 71.9 Å².